The van der Waals surface area contributed by atoms with Crippen LogP contribution in [0.4, 0.5) is 16.2 Å². The van der Waals surface area contributed by atoms with Gasteiger partial charge in [-0.3, -0.25) is 4.79 Å². The number of para-hydroxylation sites is 1. The van der Waals surface area contributed by atoms with E-state index in [4.69, 9.17) is 9.47 Å². The summed E-state index contributed by atoms with van der Waals surface area (Å²) in [6.07, 6.45) is -0.636. The molecule has 1 aliphatic rings. The summed E-state index contributed by atoms with van der Waals surface area (Å²) in [6, 6.07) is 18.8. The van der Waals surface area contributed by atoms with Gasteiger partial charge in [-0.15, -0.1) is 0 Å². The Bertz CT molecular complexity index is 1500. The maximum atomic E-state index is 13.7. The van der Waals surface area contributed by atoms with Gasteiger partial charge in [-0.25, -0.2) is 13.2 Å². The second-order valence-electron chi connectivity index (χ2n) is 10.2. The van der Waals surface area contributed by atoms with Crippen molar-refractivity contribution in [3.63, 3.8) is 0 Å². The van der Waals surface area contributed by atoms with Crippen molar-refractivity contribution in [3.05, 3.63) is 78.4 Å². The molecule has 11 nitrogen and oxygen atoms in total. The van der Waals surface area contributed by atoms with E-state index in [2.05, 4.69) is 10.6 Å². The Hall–Kier alpha value is -4.13. The largest absolute Gasteiger partial charge is 0.497 e. The zero-order valence-electron chi connectivity index (χ0n) is 24.0. The molecule has 0 fully saturated rings. The number of aliphatic hydroxyl groups excluding tert-OH is 1. The van der Waals surface area contributed by atoms with Crippen LogP contribution >= 0.6 is 0 Å². The zero-order chi connectivity index (χ0) is 30.4. The summed E-state index contributed by atoms with van der Waals surface area (Å²) in [7, 11) is -0.870. The molecular weight excluding hydrogens is 560 g/mol. The van der Waals surface area contributed by atoms with E-state index >= 15 is 0 Å². The Morgan fingerprint density at radius 3 is 2.40 bits per heavy atom. The molecule has 3 aromatic rings. The Kier molecular flexibility index (Phi) is 9.71. The number of carbonyl (C=O) groups is 2. The molecule has 0 unspecified atom stereocenters. The number of hydrogen-bond donors (Lipinski definition) is 3. The minimum Gasteiger partial charge on any atom is -0.497 e. The molecule has 42 heavy (non-hydrogen) atoms. The lowest BCUT2D eigenvalue weighted by Gasteiger charge is -2.38. The number of nitrogens with zero attached hydrogens (tertiary/aromatic N) is 2. The standard InChI is InChI=1S/C30H36N4O7S/c1-20-17-34(21(2)19-35)29(36)26-16-23(32-30(37)31-22-8-6-5-7-9-22)10-15-27(26)41-28(20)18-33(3)42(38,39)25-13-11-24(40-4)12-14-25/h5-16,20-21,28,35H,17-19H2,1-4H3,(H2,31,32,37)/t20-,21-,28+/m0/s1. The Balaban J connectivity index is 1.61. The second kappa shape index (κ2) is 13.2. The molecule has 0 aromatic heterocycles. The molecule has 12 heteroatoms. The van der Waals surface area contributed by atoms with Gasteiger partial charge in [0.2, 0.25) is 10.0 Å². The molecule has 3 amide bonds. The smallest absolute Gasteiger partial charge is 0.323 e. The molecule has 0 spiro atoms. The molecule has 3 atom stereocenters. The first-order valence-electron chi connectivity index (χ1n) is 13.5. The Morgan fingerprint density at radius 2 is 1.76 bits per heavy atom. The van der Waals surface area contributed by atoms with E-state index in [9.17, 15) is 23.1 Å². The molecule has 0 aliphatic carbocycles. The van der Waals surface area contributed by atoms with E-state index in [-0.39, 0.29) is 47.7 Å². The van der Waals surface area contributed by atoms with Crippen LogP contribution < -0.4 is 20.1 Å². The van der Waals surface area contributed by atoms with Crippen LogP contribution in [0.1, 0.15) is 24.2 Å². The van der Waals surface area contributed by atoms with Crippen molar-refractivity contribution < 1.29 is 32.6 Å². The number of urea groups is 1. The summed E-state index contributed by atoms with van der Waals surface area (Å²) >= 11 is 0. The number of carbonyl (C=O) groups excluding carboxylic acids is 2. The number of anilines is 2. The lowest BCUT2D eigenvalue weighted by molar-refractivity contribution is 0.0387. The van der Waals surface area contributed by atoms with Crippen LogP contribution in [0.2, 0.25) is 0 Å². The predicted molar refractivity (Wildman–Crippen MR) is 159 cm³/mol. The molecule has 0 saturated carbocycles. The molecule has 1 heterocycles. The van der Waals surface area contributed by atoms with Gasteiger partial charge in [0.15, 0.2) is 0 Å². The zero-order valence-corrected chi connectivity index (χ0v) is 24.8. The minimum absolute atomic E-state index is 0.00396. The van der Waals surface area contributed by atoms with Gasteiger partial charge in [0.25, 0.3) is 5.91 Å². The van der Waals surface area contributed by atoms with Crippen molar-refractivity contribution in [1.29, 1.82) is 0 Å². The molecule has 0 saturated heterocycles. The SMILES string of the molecule is COc1ccc(S(=O)(=O)N(C)C[C@H]2Oc3ccc(NC(=O)Nc4ccccc4)cc3C(=O)N([C@@H](C)CO)C[C@@H]2C)cc1. The number of benzene rings is 3. The third-order valence-corrected chi connectivity index (χ3v) is 9.00. The van der Waals surface area contributed by atoms with Crippen LogP contribution in [-0.2, 0) is 10.0 Å². The minimum atomic E-state index is -3.85. The summed E-state index contributed by atoms with van der Waals surface area (Å²) < 4.78 is 39.4. The molecule has 224 valence electrons. The number of rotatable bonds is 9. The van der Waals surface area contributed by atoms with Crippen molar-refractivity contribution in [3.8, 4) is 11.5 Å². The van der Waals surface area contributed by atoms with Gasteiger partial charge in [0.1, 0.15) is 17.6 Å². The molecular formula is C30H36N4O7S. The monoisotopic (exact) mass is 596 g/mol. The lowest BCUT2D eigenvalue weighted by Crippen LogP contribution is -2.50. The third-order valence-electron chi connectivity index (χ3n) is 7.16. The number of sulfonamides is 1. The summed E-state index contributed by atoms with van der Waals surface area (Å²) in [5.74, 6) is 0.123. The van der Waals surface area contributed by atoms with E-state index in [1.165, 1.54) is 36.7 Å². The number of amides is 3. The Morgan fingerprint density at radius 1 is 1.10 bits per heavy atom. The highest BCUT2D eigenvalue weighted by Gasteiger charge is 2.35. The van der Waals surface area contributed by atoms with Gasteiger partial charge >= 0.3 is 6.03 Å². The third kappa shape index (κ3) is 7.01. The fourth-order valence-electron chi connectivity index (χ4n) is 4.61. The van der Waals surface area contributed by atoms with E-state index in [1.807, 2.05) is 13.0 Å². The van der Waals surface area contributed by atoms with Crippen molar-refractivity contribution in [2.75, 3.05) is 44.5 Å². The van der Waals surface area contributed by atoms with Gasteiger partial charge in [-0.2, -0.15) is 4.31 Å². The highest BCUT2D eigenvalue weighted by atomic mass is 32.2. The van der Waals surface area contributed by atoms with Crippen LogP contribution in [0.15, 0.2) is 77.7 Å². The molecule has 1 aliphatic heterocycles. The summed E-state index contributed by atoms with van der Waals surface area (Å²) in [4.78, 5) is 27.9. The highest BCUT2D eigenvalue weighted by Crippen LogP contribution is 2.31. The van der Waals surface area contributed by atoms with E-state index in [0.717, 1.165) is 0 Å². The quantitative estimate of drug-likeness (QED) is 0.341. The number of ether oxygens (including phenoxy) is 2. The molecule has 4 rings (SSSR count). The summed E-state index contributed by atoms with van der Waals surface area (Å²) in [5.41, 5.74) is 1.15. The fraction of sp³-hybridized carbons (Fsp3) is 0.333. The molecule has 0 bridgehead atoms. The number of hydrogen-bond acceptors (Lipinski definition) is 7. The van der Waals surface area contributed by atoms with Crippen LogP contribution in [-0.4, -0.2) is 80.7 Å². The average molecular weight is 597 g/mol. The number of methoxy groups -OCH3 is 1. The Labute approximate surface area is 246 Å². The van der Waals surface area contributed by atoms with E-state index in [0.29, 0.717) is 17.1 Å². The highest BCUT2D eigenvalue weighted by molar-refractivity contribution is 7.89. The van der Waals surface area contributed by atoms with Crippen molar-refractivity contribution in [1.82, 2.24) is 9.21 Å². The van der Waals surface area contributed by atoms with Gasteiger partial charge < -0.3 is 30.1 Å². The van der Waals surface area contributed by atoms with Gasteiger partial charge in [0.05, 0.1) is 36.8 Å². The predicted octanol–water partition coefficient (Wildman–Crippen LogP) is 3.88. The van der Waals surface area contributed by atoms with Crippen LogP contribution in [0.25, 0.3) is 0 Å². The number of aliphatic hydroxyl groups is 1. The number of likely N-dealkylation sites (N-methyl/N-ethyl adjacent to an activating group) is 1. The molecule has 3 aromatic carbocycles. The topological polar surface area (TPSA) is 138 Å². The maximum absolute atomic E-state index is 13.7. The van der Waals surface area contributed by atoms with Crippen molar-refractivity contribution >= 4 is 33.3 Å². The fourth-order valence-corrected chi connectivity index (χ4v) is 5.80. The van der Waals surface area contributed by atoms with Crippen LogP contribution in [0.3, 0.4) is 0 Å². The average Bonchev–Trinajstić information content (AvgIpc) is 2.99. The number of nitrogens with one attached hydrogen (secondary N) is 2. The van der Waals surface area contributed by atoms with Crippen molar-refractivity contribution in [2.24, 2.45) is 5.92 Å². The van der Waals surface area contributed by atoms with Gasteiger partial charge in [-0.05, 0) is 61.5 Å². The molecule has 3 N–H and O–H groups in total. The normalized spacial score (nSPS) is 17.9. The second-order valence-corrected chi connectivity index (χ2v) is 12.3. The number of fused-ring (bicyclic) bond motifs is 1. The van der Waals surface area contributed by atoms with E-state index < -0.39 is 28.2 Å². The van der Waals surface area contributed by atoms with Crippen LogP contribution in [0.5, 0.6) is 11.5 Å². The summed E-state index contributed by atoms with van der Waals surface area (Å²) in [6.45, 7) is 3.56. The summed E-state index contributed by atoms with van der Waals surface area (Å²) in [5, 5.41) is 15.4. The van der Waals surface area contributed by atoms with Gasteiger partial charge in [0, 0.05) is 30.9 Å². The first-order valence-corrected chi connectivity index (χ1v) is 14.9. The molecule has 0 radical (unpaired) electrons. The van der Waals surface area contributed by atoms with Gasteiger partial charge in [-0.1, -0.05) is 25.1 Å². The first-order chi connectivity index (χ1) is 20.0. The lowest BCUT2D eigenvalue weighted by atomic mass is 9.99. The van der Waals surface area contributed by atoms with Crippen molar-refractivity contribution in [2.45, 2.75) is 30.9 Å². The van der Waals surface area contributed by atoms with E-state index in [1.54, 1.807) is 60.4 Å². The maximum Gasteiger partial charge on any atom is 0.323 e. The first kappa shape index (κ1) is 30.8. The van der Waals surface area contributed by atoms with Crippen LogP contribution in [0, 0.1) is 5.92 Å².